The van der Waals surface area contributed by atoms with Crippen LogP contribution in [0, 0.1) is 6.92 Å². The number of nitrogens with one attached hydrogen (secondary N) is 3. The monoisotopic (exact) mass is 391 g/mol. The molecule has 0 radical (unpaired) electrons. The summed E-state index contributed by atoms with van der Waals surface area (Å²) in [6, 6.07) is 17.3. The molecule has 0 saturated heterocycles. The summed E-state index contributed by atoms with van der Waals surface area (Å²) >= 11 is 1.42. The molecule has 1 saturated carbocycles. The molecule has 5 nitrogen and oxygen atoms in total. The van der Waals surface area contributed by atoms with E-state index < -0.39 is 0 Å². The SMILES string of the molecule is Cc1ccc(-c2ccsc2C(=O)Nc2ccc(NC(=O)NC3CC3)cc2)cc1. The number of hydrogen-bond acceptors (Lipinski definition) is 3. The van der Waals surface area contributed by atoms with Crippen LogP contribution in [0.2, 0.25) is 0 Å². The van der Waals surface area contributed by atoms with Crippen LogP contribution in [0.1, 0.15) is 28.1 Å². The van der Waals surface area contributed by atoms with Gasteiger partial charge < -0.3 is 16.0 Å². The molecule has 0 aliphatic heterocycles. The Bertz CT molecular complexity index is 989. The number of urea groups is 1. The summed E-state index contributed by atoms with van der Waals surface area (Å²) in [5.41, 5.74) is 4.51. The Balaban J connectivity index is 1.42. The third kappa shape index (κ3) is 4.40. The molecule has 0 bridgehead atoms. The molecular formula is C22H21N3O2S. The van der Waals surface area contributed by atoms with Crippen LogP contribution in [0.15, 0.2) is 60.0 Å². The minimum atomic E-state index is -0.194. The van der Waals surface area contributed by atoms with Gasteiger partial charge in [-0.05, 0) is 61.0 Å². The fourth-order valence-corrected chi connectivity index (χ4v) is 3.66. The number of rotatable bonds is 5. The van der Waals surface area contributed by atoms with Crippen molar-refractivity contribution < 1.29 is 9.59 Å². The van der Waals surface area contributed by atoms with Gasteiger partial charge in [0.15, 0.2) is 0 Å². The Morgan fingerprint density at radius 3 is 2.18 bits per heavy atom. The van der Waals surface area contributed by atoms with E-state index in [0.717, 1.165) is 24.0 Å². The first-order chi connectivity index (χ1) is 13.6. The standard InChI is InChI=1S/C22H21N3O2S/c1-14-2-4-15(5-3-14)19-12-13-28-20(19)21(26)23-16-6-8-17(9-7-16)24-22(27)25-18-10-11-18/h2-9,12-13,18H,10-11H2,1H3,(H,23,26)(H2,24,25,27). The largest absolute Gasteiger partial charge is 0.335 e. The summed E-state index contributed by atoms with van der Waals surface area (Å²) in [6.45, 7) is 2.04. The molecule has 3 aromatic rings. The van der Waals surface area contributed by atoms with Gasteiger partial charge in [0.05, 0.1) is 4.88 Å². The molecule has 1 aromatic heterocycles. The average Bonchev–Trinajstić information content (AvgIpc) is 3.35. The van der Waals surface area contributed by atoms with Gasteiger partial charge in [-0.1, -0.05) is 29.8 Å². The van der Waals surface area contributed by atoms with Crippen molar-refractivity contribution in [2.75, 3.05) is 10.6 Å². The zero-order chi connectivity index (χ0) is 19.5. The zero-order valence-corrected chi connectivity index (χ0v) is 16.3. The molecule has 1 heterocycles. The molecular weight excluding hydrogens is 370 g/mol. The van der Waals surface area contributed by atoms with E-state index in [1.807, 2.05) is 42.6 Å². The summed E-state index contributed by atoms with van der Waals surface area (Å²) in [5, 5.41) is 10.5. The lowest BCUT2D eigenvalue weighted by Crippen LogP contribution is -2.30. The van der Waals surface area contributed by atoms with E-state index in [4.69, 9.17) is 0 Å². The van der Waals surface area contributed by atoms with E-state index in [1.165, 1.54) is 16.9 Å². The van der Waals surface area contributed by atoms with Gasteiger partial charge in [0, 0.05) is 23.0 Å². The van der Waals surface area contributed by atoms with Crippen LogP contribution in [0.3, 0.4) is 0 Å². The Hall–Kier alpha value is -3.12. The van der Waals surface area contributed by atoms with Crippen LogP contribution in [-0.2, 0) is 0 Å². The van der Waals surface area contributed by atoms with Crippen molar-refractivity contribution in [1.29, 1.82) is 0 Å². The molecule has 0 spiro atoms. The van der Waals surface area contributed by atoms with Crippen molar-refractivity contribution in [3.05, 3.63) is 70.4 Å². The van der Waals surface area contributed by atoms with Gasteiger partial charge >= 0.3 is 6.03 Å². The van der Waals surface area contributed by atoms with Crippen LogP contribution in [0.5, 0.6) is 0 Å². The van der Waals surface area contributed by atoms with Crippen LogP contribution in [-0.4, -0.2) is 18.0 Å². The van der Waals surface area contributed by atoms with Crippen LogP contribution in [0.25, 0.3) is 11.1 Å². The van der Waals surface area contributed by atoms with Gasteiger partial charge in [0.25, 0.3) is 5.91 Å². The molecule has 3 amide bonds. The number of anilines is 2. The predicted octanol–water partition coefficient (Wildman–Crippen LogP) is 5.26. The molecule has 1 aliphatic rings. The summed E-state index contributed by atoms with van der Waals surface area (Å²) in [4.78, 5) is 25.2. The van der Waals surface area contributed by atoms with Gasteiger partial charge in [-0.15, -0.1) is 11.3 Å². The molecule has 0 unspecified atom stereocenters. The topological polar surface area (TPSA) is 70.2 Å². The van der Waals surface area contributed by atoms with Crippen LogP contribution >= 0.6 is 11.3 Å². The van der Waals surface area contributed by atoms with E-state index >= 15 is 0 Å². The maximum Gasteiger partial charge on any atom is 0.319 e. The highest BCUT2D eigenvalue weighted by Crippen LogP contribution is 2.29. The zero-order valence-electron chi connectivity index (χ0n) is 15.5. The van der Waals surface area contributed by atoms with Crippen molar-refractivity contribution in [3.8, 4) is 11.1 Å². The molecule has 0 atom stereocenters. The second-order valence-electron chi connectivity index (χ2n) is 6.93. The number of hydrogen-bond donors (Lipinski definition) is 3. The summed E-state index contributed by atoms with van der Waals surface area (Å²) in [7, 11) is 0. The lowest BCUT2D eigenvalue weighted by molar-refractivity contribution is 0.103. The molecule has 1 aliphatic carbocycles. The van der Waals surface area contributed by atoms with E-state index in [2.05, 4.69) is 16.0 Å². The molecule has 142 valence electrons. The first kappa shape index (κ1) is 18.3. The van der Waals surface area contributed by atoms with Crippen molar-refractivity contribution >= 4 is 34.6 Å². The minimum absolute atomic E-state index is 0.141. The molecule has 28 heavy (non-hydrogen) atoms. The number of aryl methyl sites for hydroxylation is 1. The fourth-order valence-electron chi connectivity index (χ4n) is 2.85. The highest BCUT2D eigenvalue weighted by atomic mass is 32.1. The van der Waals surface area contributed by atoms with Gasteiger partial charge in [-0.3, -0.25) is 4.79 Å². The van der Waals surface area contributed by atoms with Crippen LogP contribution < -0.4 is 16.0 Å². The lowest BCUT2D eigenvalue weighted by atomic mass is 10.0. The normalized spacial score (nSPS) is 13.0. The molecule has 1 fully saturated rings. The first-order valence-corrected chi connectivity index (χ1v) is 10.1. The molecule has 3 N–H and O–H groups in total. The van der Waals surface area contributed by atoms with Gasteiger partial charge in [-0.25, -0.2) is 4.79 Å². The summed E-state index contributed by atoms with van der Waals surface area (Å²) in [6.07, 6.45) is 2.09. The quantitative estimate of drug-likeness (QED) is 0.555. The smallest absolute Gasteiger partial charge is 0.319 e. The number of carbonyl (C=O) groups is 2. The van der Waals surface area contributed by atoms with Crippen LogP contribution in [0.4, 0.5) is 16.2 Å². The van der Waals surface area contributed by atoms with E-state index in [-0.39, 0.29) is 11.9 Å². The third-order valence-electron chi connectivity index (χ3n) is 4.55. The van der Waals surface area contributed by atoms with Crippen molar-refractivity contribution in [1.82, 2.24) is 5.32 Å². The Morgan fingerprint density at radius 1 is 0.893 bits per heavy atom. The van der Waals surface area contributed by atoms with Crippen molar-refractivity contribution in [2.45, 2.75) is 25.8 Å². The van der Waals surface area contributed by atoms with Gasteiger partial charge in [-0.2, -0.15) is 0 Å². The highest BCUT2D eigenvalue weighted by Gasteiger charge is 2.23. The summed E-state index contributed by atoms with van der Waals surface area (Å²) in [5.74, 6) is -0.141. The molecule has 4 rings (SSSR count). The number of benzene rings is 2. The van der Waals surface area contributed by atoms with E-state index in [0.29, 0.717) is 22.3 Å². The predicted molar refractivity (Wildman–Crippen MR) is 114 cm³/mol. The van der Waals surface area contributed by atoms with Crippen molar-refractivity contribution in [3.63, 3.8) is 0 Å². The summed E-state index contributed by atoms with van der Waals surface area (Å²) < 4.78 is 0. The van der Waals surface area contributed by atoms with E-state index in [9.17, 15) is 9.59 Å². The Labute approximate surface area is 167 Å². The molecule has 6 heteroatoms. The highest BCUT2D eigenvalue weighted by molar-refractivity contribution is 7.12. The Morgan fingerprint density at radius 2 is 1.54 bits per heavy atom. The first-order valence-electron chi connectivity index (χ1n) is 9.22. The second kappa shape index (κ2) is 7.86. The maximum absolute atomic E-state index is 12.7. The minimum Gasteiger partial charge on any atom is -0.335 e. The fraction of sp³-hybridized carbons (Fsp3) is 0.182. The van der Waals surface area contributed by atoms with Gasteiger partial charge in [0.1, 0.15) is 0 Å². The lowest BCUT2D eigenvalue weighted by Gasteiger charge is -2.09. The third-order valence-corrected chi connectivity index (χ3v) is 5.46. The molecule has 2 aromatic carbocycles. The number of amides is 3. The van der Waals surface area contributed by atoms with E-state index in [1.54, 1.807) is 24.3 Å². The average molecular weight is 391 g/mol. The van der Waals surface area contributed by atoms with Gasteiger partial charge in [0.2, 0.25) is 0 Å². The maximum atomic E-state index is 12.7. The second-order valence-corrected chi connectivity index (χ2v) is 7.85. The number of carbonyl (C=O) groups excluding carboxylic acids is 2. The Kier molecular flexibility index (Phi) is 5.12. The number of thiophene rings is 1. The van der Waals surface area contributed by atoms with Crippen molar-refractivity contribution in [2.24, 2.45) is 0 Å².